The summed E-state index contributed by atoms with van der Waals surface area (Å²) in [6.07, 6.45) is -3.82. The number of hydrogen-bond acceptors (Lipinski definition) is 3. The standard InChI is InChI=1S/C12H14F4N2O2/c13-11(14)12(15,16)7-20-6-10(19)18-9-3-1-8(5-17)2-4-9/h1-4,11H,5-7,17H2,(H,18,19). The molecule has 112 valence electrons. The van der Waals surface area contributed by atoms with Crippen LogP contribution in [0, 0.1) is 0 Å². The van der Waals surface area contributed by atoms with Gasteiger partial charge in [-0.3, -0.25) is 4.79 Å². The molecule has 0 saturated heterocycles. The van der Waals surface area contributed by atoms with Crippen LogP contribution in [-0.4, -0.2) is 31.5 Å². The lowest BCUT2D eigenvalue weighted by atomic mass is 10.2. The lowest BCUT2D eigenvalue weighted by Gasteiger charge is -2.15. The Morgan fingerprint density at radius 1 is 1.30 bits per heavy atom. The van der Waals surface area contributed by atoms with Crippen molar-refractivity contribution in [1.29, 1.82) is 0 Å². The average Bonchev–Trinajstić information content (AvgIpc) is 2.39. The van der Waals surface area contributed by atoms with Gasteiger partial charge in [-0.1, -0.05) is 12.1 Å². The largest absolute Gasteiger partial charge is 0.365 e. The number of halogens is 4. The summed E-state index contributed by atoms with van der Waals surface area (Å²) in [5.74, 6) is -4.97. The number of benzene rings is 1. The van der Waals surface area contributed by atoms with E-state index >= 15 is 0 Å². The zero-order chi connectivity index (χ0) is 15.2. The van der Waals surface area contributed by atoms with Crippen LogP contribution in [0.15, 0.2) is 24.3 Å². The van der Waals surface area contributed by atoms with Gasteiger partial charge < -0.3 is 15.8 Å². The summed E-state index contributed by atoms with van der Waals surface area (Å²) in [6, 6.07) is 6.52. The molecule has 1 aromatic carbocycles. The fourth-order valence-corrected chi connectivity index (χ4v) is 1.26. The van der Waals surface area contributed by atoms with Crippen LogP contribution in [0.3, 0.4) is 0 Å². The molecule has 0 bridgehead atoms. The Morgan fingerprint density at radius 3 is 2.40 bits per heavy atom. The molecule has 0 aliphatic rings. The zero-order valence-electron chi connectivity index (χ0n) is 10.4. The maximum Gasteiger partial charge on any atom is 0.330 e. The fourth-order valence-electron chi connectivity index (χ4n) is 1.26. The molecule has 0 aliphatic carbocycles. The third-order valence-electron chi connectivity index (χ3n) is 2.32. The Labute approximate surface area is 112 Å². The molecule has 0 radical (unpaired) electrons. The van der Waals surface area contributed by atoms with E-state index in [1.54, 1.807) is 24.3 Å². The van der Waals surface area contributed by atoms with E-state index in [1.807, 2.05) is 0 Å². The first-order valence-corrected chi connectivity index (χ1v) is 5.67. The Morgan fingerprint density at radius 2 is 1.90 bits per heavy atom. The zero-order valence-corrected chi connectivity index (χ0v) is 10.4. The summed E-state index contributed by atoms with van der Waals surface area (Å²) in [5.41, 5.74) is 6.68. The average molecular weight is 294 g/mol. The molecule has 0 spiro atoms. The summed E-state index contributed by atoms with van der Waals surface area (Å²) in [5, 5.41) is 2.37. The lowest BCUT2D eigenvalue weighted by Crippen LogP contribution is -2.33. The highest BCUT2D eigenvalue weighted by Gasteiger charge is 2.41. The molecule has 0 aliphatic heterocycles. The molecule has 4 nitrogen and oxygen atoms in total. The maximum atomic E-state index is 12.5. The number of nitrogens with one attached hydrogen (secondary N) is 1. The number of anilines is 1. The van der Waals surface area contributed by atoms with Crippen LogP contribution >= 0.6 is 0 Å². The SMILES string of the molecule is NCc1ccc(NC(=O)COCC(F)(F)C(F)F)cc1. The molecule has 0 unspecified atom stereocenters. The predicted molar refractivity (Wildman–Crippen MR) is 64.7 cm³/mol. The molecule has 1 aromatic rings. The van der Waals surface area contributed by atoms with Gasteiger partial charge in [0, 0.05) is 12.2 Å². The van der Waals surface area contributed by atoms with E-state index in [1.165, 1.54) is 0 Å². The van der Waals surface area contributed by atoms with Crippen molar-refractivity contribution in [2.75, 3.05) is 18.5 Å². The van der Waals surface area contributed by atoms with E-state index in [-0.39, 0.29) is 0 Å². The molecular formula is C12H14F4N2O2. The van der Waals surface area contributed by atoms with Crippen LogP contribution in [0.5, 0.6) is 0 Å². The highest BCUT2D eigenvalue weighted by Crippen LogP contribution is 2.22. The Hall–Kier alpha value is -1.67. The number of ether oxygens (including phenoxy) is 1. The quantitative estimate of drug-likeness (QED) is 0.756. The second-order valence-electron chi connectivity index (χ2n) is 4.00. The van der Waals surface area contributed by atoms with Crippen molar-refractivity contribution in [1.82, 2.24) is 0 Å². The second kappa shape index (κ2) is 7.20. The number of rotatable bonds is 7. The maximum absolute atomic E-state index is 12.5. The van der Waals surface area contributed by atoms with Crippen LogP contribution in [0.4, 0.5) is 23.2 Å². The normalized spacial score (nSPS) is 11.7. The van der Waals surface area contributed by atoms with E-state index in [4.69, 9.17) is 5.73 Å². The molecule has 1 rings (SSSR count). The van der Waals surface area contributed by atoms with Gasteiger partial charge in [0.2, 0.25) is 5.91 Å². The van der Waals surface area contributed by atoms with Crippen molar-refractivity contribution in [3.05, 3.63) is 29.8 Å². The second-order valence-corrected chi connectivity index (χ2v) is 4.00. The monoisotopic (exact) mass is 294 g/mol. The summed E-state index contributed by atoms with van der Waals surface area (Å²) < 4.78 is 52.9. The van der Waals surface area contributed by atoms with E-state index < -0.39 is 31.5 Å². The van der Waals surface area contributed by atoms with Gasteiger partial charge in [-0.25, -0.2) is 8.78 Å². The Balaban J connectivity index is 2.36. The minimum absolute atomic E-state index is 0.347. The number of amides is 1. The van der Waals surface area contributed by atoms with E-state index in [0.29, 0.717) is 12.2 Å². The Kier molecular flexibility index (Phi) is 5.90. The first kappa shape index (κ1) is 16.4. The van der Waals surface area contributed by atoms with Gasteiger partial charge in [-0.05, 0) is 17.7 Å². The summed E-state index contributed by atoms with van der Waals surface area (Å²) in [7, 11) is 0. The topological polar surface area (TPSA) is 64.3 Å². The Bertz CT molecular complexity index is 438. The van der Waals surface area contributed by atoms with Gasteiger partial charge in [0.05, 0.1) is 0 Å². The van der Waals surface area contributed by atoms with Crippen molar-refractivity contribution in [3.63, 3.8) is 0 Å². The molecule has 3 N–H and O–H groups in total. The third-order valence-corrected chi connectivity index (χ3v) is 2.32. The number of hydrogen-bond donors (Lipinski definition) is 2. The molecule has 0 aromatic heterocycles. The number of nitrogens with two attached hydrogens (primary N) is 1. The fraction of sp³-hybridized carbons (Fsp3) is 0.417. The molecule has 20 heavy (non-hydrogen) atoms. The van der Waals surface area contributed by atoms with Crippen molar-refractivity contribution in [2.24, 2.45) is 5.73 Å². The predicted octanol–water partition coefficient (Wildman–Crippen LogP) is 2.00. The van der Waals surface area contributed by atoms with Crippen molar-refractivity contribution < 1.29 is 27.1 Å². The molecule has 8 heteroatoms. The minimum Gasteiger partial charge on any atom is -0.365 e. The number of carbonyl (C=O) groups is 1. The summed E-state index contributed by atoms with van der Waals surface area (Å²) in [4.78, 5) is 11.3. The lowest BCUT2D eigenvalue weighted by molar-refractivity contribution is -0.167. The van der Waals surface area contributed by atoms with Crippen molar-refractivity contribution in [3.8, 4) is 0 Å². The van der Waals surface area contributed by atoms with Crippen LogP contribution in [-0.2, 0) is 16.1 Å². The molecule has 0 fully saturated rings. The van der Waals surface area contributed by atoms with Crippen LogP contribution in [0.2, 0.25) is 0 Å². The van der Waals surface area contributed by atoms with E-state index in [0.717, 1.165) is 5.56 Å². The van der Waals surface area contributed by atoms with Gasteiger partial charge in [-0.2, -0.15) is 8.78 Å². The van der Waals surface area contributed by atoms with Crippen molar-refractivity contribution >= 4 is 11.6 Å². The summed E-state index contributed by atoms with van der Waals surface area (Å²) >= 11 is 0. The van der Waals surface area contributed by atoms with Crippen LogP contribution < -0.4 is 11.1 Å². The molecule has 1 amide bonds. The molecular weight excluding hydrogens is 280 g/mol. The van der Waals surface area contributed by atoms with Gasteiger partial charge in [0.1, 0.15) is 13.2 Å². The smallest absolute Gasteiger partial charge is 0.330 e. The minimum atomic E-state index is -4.26. The first-order valence-electron chi connectivity index (χ1n) is 5.67. The molecule has 0 atom stereocenters. The van der Waals surface area contributed by atoms with Gasteiger partial charge in [0.25, 0.3) is 0 Å². The van der Waals surface area contributed by atoms with Crippen LogP contribution in [0.1, 0.15) is 5.56 Å². The first-order chi connectivity index (χ1) is 9.35. The van der Waals surface area contributed by atoms with Crippen molar-refractivity contribution in [2.45, 2.75) is 18.9 Å². The summed E-state index contributed by atoms with van der Waals surface area (Å²) in [6.45, 7) is -1.90. The van der Waals surface area contributed by atoms with Gasteiger partial charge in [0.15, 0.2) is 0 Å². The third kappa shape index (κ3) is 5.14. The highest BCUT2D eigenvalue weighted by molar-refractivity contribution is 5.91. The molecule has 0 saturated carbocycles. The highest BCUT2D eigenvalue weighted by atomic mass is 19.3. The van der Waals surface area contributed by atoms with E-state index in [9.17, 15) is 22.4 Å². The molecule has 0 heterocycles. The van der Waals surface area contributed by atoms with E-state index in [2.05, 4.69) is 10.1 Å². The van der Waals surface area contributed by atoms with Crippen LogP contribution in [0.25, 0.3) is 0 Å². The number of alkyl halides is 4. The van der Waals surface area contributed by atoms with Gasteiger partial charge in [-0.15, -0.1) is 0 Å². The van der Waals surface area contributed by atoms with Gasteiger partial charge >= 0.3 is 12.3 Å². The number of carbonyl (C=O) groups excluding carboxylic acids is 1.